The van der Waals surface area contributed by atoms with Crippen molar-refractivity contribution in [2.75, 3.05) is 0 Å². The molecular weight excluding hydrogens is 118 g/mol. The van der Waals surface area contributed by atoms with Gasteiger partial charge in [0.15, 0.2) is 0 Å². The second-order valence-electron chi connectivity index (χ2n) is 0.385. The summed E-state index contributed by atoms with van der Waals surface area (Å²) in [5, 5.41) is 21.3. The molecule has 40 valence electrons. The Morgan fingerprint density at radius 2 is 1.71 bits per heavy atom. The fraction of sp³-hybridized carbons (Fsp3) is 0. The van der Waals surface area contributed by atoms with E-state index in [9.17, 15) is 0 Å². The van der Waals surface area contributed by atoms with Gasteiger partial charge >= 0.3 is 6.16 Å². The van der Waals surface area contributed by atoms with Crippen molar-refractivity contribution < 1.29 is 15.0 Å². The third kappa shape index (κ3) is 55.2. The molecule has 7 heavy (non-hydrogen) atoms. The highest BCUT2D eigenvalue weighted by molar-refractivity contribution is 7.78. The van der Waals surface area contributed by atoms with Crippen LogP contribution in [0.15, 0.2) is 0 Å². The van der Waals surface area contributed by atoms with Crippen molar-refractivity contribution in [3.05, 3.63) is 0 Å². The Balaban J connectivity index is 0. The largest absolute Gasteiger partial charge is 0.503 e. The van der Waals surface area contributed by atoms with Gasteiger partial charge in [-0.2, -0.15) is 0 Å². The Morgan fingerprint density at radius 3 is 1.71 bits per heavy atom. The first kappa shape index (κ1) is 9.42. The molecular formula is C2H3NO3S. The molecule has 0 aromatic rings. The standard InChI is InChI=1S/CHNS.CH2O3/c2-1-3;2-1(3)4/h2H;(H2,2,3,4). The van der Waals surface area contributed by atoms with E-state index in [1.54, 1.807) is 5.16 Å². The third-order valence-corrected chi connectivity index (χ3v) is 0. The summed E-state index contributed by atoms with van der Waals surface area (Å²) >= 11 is 3.81. The van der Waals surface area contributed by atoms with Crippen molar-refractivity contribution >= 4 is 23.5 Å². The molecule has 0 spiro atoms. The highest BCUT2D eigenvalue weighted by atomic mass is 32.1. The molecule has 0 aromatic carbocycles. The minimum atomic E-state index is -1.83. The normalized spacial score (nSPS) is 4.57. The maximum atomic E-state index is 8.56. The van der Waals surface area contributed by atoms with Crippen LogP contribution in [0, 0.1) is 5.41 Å². The predicted octanol–water partition coefficient (Wildman–Crippen LogP) is 0.890. The third-order valence-electron chi connectivity index (χ3n) is 0. The number of hydrogen-bond acceptors (Lipinski definition) is 3. The van der Waals surface area contributed by atoms with Crippen molar-refractivity contribution in [1.29, 1.82) is 5.41 Å². The van der Waals surface area contributed by atoms with E-state index in [1.807, 2.05) is 0 Å². The van der Waals surface area contributed by atoms with E-state index in [4.69, 9.17) is 20.4 Å². The number of hydrogen-bond donors (Lipinski definition) is 3. The average molecular weight is 121 g/mol. The second-order valence-corrected chi connectivity index (χ2v) is 0.589. The van der Waals surface area contributed by atoms with Crippen molar-refractivity contribution in [2.24, 2.45) is 0 Å². The second kappa shape index (κ2) is 8.91. The Kier molecular flexibility index (Phi) is 12.0. The number of isothiocyanates is 1. The van der Waals surface area contributed by atoms with Gasteiger partial charge in [0.2, 0.25) is 0 Å². The summed E-state index contributed by atoms with van der Waals surface area (Å²) in [6.45, 7) is 0. The Hall–Kier alpha value is -0.930. The first-order valence-corrected chi connectivity index (χ1v) is 1.51. The van der Waals surface area contributed by atoms with Gasteiger partial charge in [-0.15, -0.1) is 0 Å². The Labute approximate surface area is 44.9 Å². The monoisotopic (exact) mass is 121 g/mol. The van der Waals surface area contributed by atoms with E-state index in [-0.39, 0.29) is 0 Å². The molecule has 5 heteroatoms. The van der Waals surface area contributed by atoms with Crippen LogP contribution in [0.3, 0.4) is 0 Å². The van der Waals surface area contributed by atoms with E-state index in [2.05, 4.69) is 12.2 Å². The Bertz CT molecular complexity index is 80.9. The summed E-state index contributed by atoms with van der Waals surface area (Å²) in [6, 6.07) is 0. The van der Waals surface area contributed by atoms with Crippen LogP contribution in [0.2, 0.25) is 0 Å². The lowest BCUT2D eigenvalue weighted by atomic mass is 11.5. The quantitative estimate of drug-likeness (QED) is 0.328. The van der Waals surface area contributed by atoms with E-state index in [0.29, 0.717) is 0 Å². The number of carboxylic acid groups (broad SMARTS) is 2. The fourth-order valence-corrected chi connectivity index (χ4v) is 0. The maximum absolute atomic E-state index is 8.56. The first-order chi connectivity index (χ1) is 3.15. The maximum Gasteiger partial charge on any atom is 0.503 e. The van der Waals surface area contributed by atoms with Crippen LogP contribution >= 0.6 is 12.2 Å². The molecule has 0 heterocycles. The van der Waals surface area contributed by atoms with Crippen molar-refractivity contribution in [3.8, 4) is 0 Å². The molecule has 0 unspecified atom stereocenters. The number of rotatable bonds is 0. The number of nitrogens with one attached hydrogen (secondary N) is 1. The zero-order chi connectivity index (χ0) is 6.28. The van der Waals surface area contributed by atoms with E-state index >= 15 is 0 Å². The lowest BCUT2D eigenvalue weighted by molar-refractivity contribution is 0.137. The molecule has 0 aliphatic carbocycles. The van der Waals surface area contributed by atoms with Crippen LogP contribution in [0.5, 0.6) is 0 Å². The summed E-state index contributed by atoms with van der Waals surface area (Å²) in [4.78, 5) is 8.56. The van der Waals surface area contributed by atoms with Gasteiger partial charge in [0, 0.05) is 0 Å². The fourth-order valence-electron chi connectivity index (χ4n) is 0. The topological polar surface area (TPSA) is 81.4 Å². The molecule has 0 bridgehead atoms. The van der Waals surface area contributed by atoms with Gasteiger partial charge in [0.25, 0.3) is 0 Å². The summed E-state index contributed by atoms with van der Waals surface area (Å²) in [5.74, 6) is 0. The zero-order valence-corrected chi connectivity index (χ0v) is 4.03. The molecule has 3 N–H and O–H groups in total. The highest BCUT2D eigenvalue weighted by Gasteiger charge is 1.70. The van der Waals surface area contributed by atoms with Gasteiger partial charge in [-0.1, -0.05) is 0 Å². The van der Waals surface area contributed by atoms with Gasteiger partial charge in [-0.05, 0) is 12.2 Å². The van der Waals surface area contributed by atoms with Gasteiger partial charge in [0.1, 0.15) is 0 Å². The molecule has 0 aromatic heterocycles. The van der Waals surface area contributed by atoms with Crippen LogP contribution < -0.4 is 0 Å². The van der Waals surface area contributed by atoms with Gasteiger partial charge in [0.05, 0.1) is 5.16 Å². The van der Waals surface area contributed by atoms with E-state index in [1.165, 1.54) is 0 Å². The molecule has 0 aliphatic heterocycles. The summed E-state index contributed by atoms with van der Waals surface area (Å²) < 4.78 is 0. The number of carbonyl (C=O) groups is 1. The van der Waals surface area contributed by atoms with Crippen LogP contribution in [0.4, 0.5) is 4.79 Å². The molecule has 0 rings (SSSR count). The molecule has 0 amide bonds. The van der Waals surface area contributed by atoms with Crippen molar-refractivity contribution in [2.45, 2.75) is 0 Å². The molecule has 0 saturated heterocycles. The summed E-state index contributed by atoms with van der Waals surface area (Å²) in [5.41, 5.74) is 0. The van der Waals surface area contributed by atoms with Crippen LogP contribution in [0.25, 0.3) is 0 Å². The zero-order valence-electron chi connectivity index (χ0n) is 3.21. The highest BCUT2D eigenvalue weighted by Crippen LogP contribution is 1.42. The smallest absolute Gasteiger partial charge is 0.450 e. The van der Waals surface area contributed by atoms with E-state index in [0.717, 1.165) is 0 Å². The molecule has 0 aliphatic rings. The van der Waals surface area contributed by atoms with E-state index < -0.39 is 6.16 Å². The minimum Gasteiger partial charge on any atom is -0.450 e. The number of thiocarbonyl (C=S) groups is 1. The minimum absolute atomic E-state index is 1.58. The predicted molar refractivity (Wildman–Crippen MR) is 26.0 cm³/mol. The molecule has 0 atom stereocenters. The van der Waals surface area contributed by atoms with Gasteiger partial charge < -0.3 is 10.2 Å². The van der Waals surface area contributed by atoms with Crippen LogP contribution in [0.1, 0.15) is 0 Å². The molecule has 0 saturated carbocycles. The lowest BCUT2D eigenvalue weighted by Gasteiger charge is -1.60. The summed E-state index contributed by atoms with van der Waals surface area (Å²) in [6.07, 6.45) is -1.83. The van der Waals surface area contributed by atoms with Gasteiger partial charge in [-0.25, -0.2) is 10.2 Å². The van der Waals surface area contributed by atoms with Crippen LogP contribution in [-0.4, -0.2) is 21.5 Å². The average Bonchev–Trinajstić information content (AvgIpc) is 1.33. The van der Waals surface area contributed by atoms with Gasteiger partial charge in [-0.3, -0.25) is 0 Å². The SMILES string of the molecule is N=C=S.O=C(O)O. The first-order valence-electron chi connectivity index (χ1n) is 1.11. The molecule has 0 fully saturated rings. The van der Waals surface area contributed by atoms with Crippen molar-refractivity contribution in [3.63, 3.8) is 0 Å². The lowest BCUT2D eigenvalue weighted by Crippen LogP contribution is -1.81. The summed E-state index contributed by atoms with van der Waals surface area (Å²) in [7, 11) is 0. The molecule has 0 radical (unpaired) electrons. The molecule has 4 nitrogen and oxygen atoms in total. The van der Waals surface area contributed by atoms with Crippen LogP contribution in [-0.2, 0) is 0 Å². The van der Waals surface area contributed by atoms with Crippen molar-refractivity contribution in [1.82, 2.24) is 0 Å². The Morgan fingerprint density at radius 1 is 1.71 bits per heavy atom.